The quantitative estimate of drug-likeness (QED) is 0.478. The summed E-state index contributed by atoms with van der Waals surface area (Å²) >= 11 is 0. The molecule has 172 valence electrons. The fraction of sp³-hybridized carbons (Fsp3) is 0.292. The number of allylic oxidation sites excluding steroid dienone is 1. The summed E-state index contributed by atoms with van der Waals surface area (Å²) in [4.78, 5) is 30.0. The maximum absolute atomic E-state index is 13.2. The Hall–Kier alpha value is -3.80. The molecule has 0 saturated carbocycles. The topological polar surface area (TPSA) is 67.6 Å². The van der Waals surface area contributed by atoms with Crippen LogP contribution in [0.2, 0.25) is 0 Å². The van der Waals surface area contributed by atoms with Gasteiger partial charge >= 0.3 is 6.18 Å². The number of amides is 1. The summed E-state index contributed by atoms with van der Waals surface area (Å²) in [7, 11) is 4.89. The van der Waals surface area contributed by atoms with Gasteiger partial charge in [-0.1, -0.05) is 30.3 Å². The van der Waals surface area contributed by atoms with Crippen molar-refractivity contribution in [1.29, 1.82) is 5.26 Å². The van der Waals surface area contributed by atoms with E-state index in [-0.39, 0.29) is 30.5 Å². The number of nitriles is 1. The molecule has 2 aromatic rings. The Morgan fingerprint density at radius 3 is 2.06 bits per heavy atom. The van der Waals surface area contributed by atoms with E-state index in [0.29, 0.717) is 5.82 Å². The van der Waals surface area contributed by atoms with Gasteiger partial charge in [0, 0.05) is 40.5 Å². The van der Waals surface area contributed by atoms with Crippen molar-refractivity contribution in [2.45, 2.75) is 25.6 Å². The molecule has 0 saturated heterocycles. The van der Waals surface area contributed by atoms with Crippen molar-refractivity contribution < 1.29 is 22.8 Å². The van der Waals surface area contributed by atoms with Crippen molar-refractivity contribution in [1.82, 2.24) is 4.90 Å². The third kappa shape index (κ3) is 4.85. The predicted molar refractivity (Wildman–Crippen MR) is 118 cm³/mol. The van der Waals surface area contributed by atoms with Crippen LogP contribution in [0.3, 0.4) is 0 Å². The lowest BCUT2D eigenvalue weighted by Gasteiger charge is -2.21. The molecule has 33 heavy (non-hydrogen) atoms. The number of halogens is 3. The highest BCUT2D eigenvalue weighted by Gasteiger charge is 2.34. The second kappa shape index (κ2) is 9.36. The van der Waals surface area contributed by atoms with Crippen LogP contribution in [0.1, 0.15) is 24.0 Å². The molecular weight excluding hydrogens is 433 g/mol. The molecule has 0 spiro atoms. The smallest absolute Gasteiger partial charge is 0.341 e. The van der Waals surface area contributed by atoms with E-state index in [2.05, 4.69) is 0 Å². The minimum Gasteiger partial charge on any atom is -0.341 e. The van der Waals surface area contributed by atoms with Gasteiger partial charge in [0.2, 0.25) is 5.91 Å². The van der Waals surface area contributed by atoms with Crippen LogP contribution < -0.4 is 9.80 Å². The number of anilines is 2. The monoisotopic (exact) mass is 456 g/mol. The van der Waals surface area contributed by atoms with Crippen LogP contribution in [0.25, 0.3) is 0 Å². The highest BCUT2D eigenvalue weighted by Crippen LogP contribution is 2.40. The molecule has 0 aromatic heterocycles. The summed E-state index contributed by atoms with van der Waals surface area (Å²) in [6.07, 6.45) is -4.97. The minimum absolute atomic E-state index is 0.0287. The molecule has 0 aliphatic carbocycles. The fourth-order valence-electron chi connectivity index (χ4n) is 3.87. The highest BCUT2D eigenvalue weighted by molar-refractivity contribution is 6.03. The Morgan fingerprint density at radius 1 is 0.970 bits per heavy atom. The summed E-state index contributed by atoms with van der Waals surface area (Å²) in [5, 5.41) is 9.66. The molecule has 0 unspecified atom stereocenters. The Bertz CT molecular complexity index is 1120. The number of nitrogens with zero attached hydrogens (tertiary/aromatic N) is 4. The molecule has 0 bridgehead atoms. The molecule has 1 aliphatic rings. The van der Waals surface area contributed by atoms with Crippen LogP contribution >= 0.6 is 0 Å². The summed E-state index contributed by atoms with van der Waals surface area (Å²) in [6, 6.07) is 14.5. The van der Waals surface area contributed by atoms with E-state index in [4.69, 9.17) is 0 Å². The summed E-state index contributed by atoms with van der Waals surface area (Å²) in [5.41, 5.74) is 0.779. The normalized spacial score (nSPS) is 12.9. The van der Waals surface area contributed by atoms with Crippen LogP contribution in [-0.4, -0.2) is 37.7 Å². The number of fused-ring (bicyclic) bond motifs is 1. The number of carbonyl (C=O) groups is 2. The van der Waals surface area contributed by atoms with Crippen LogP contribution in [0, 0.1) is 11.3 Å². The van der Waals surface area contributed by atoms with Gasteiger partial charge in [0.25, 0.3) is 0 Å². The Labute approximate surface area is 190 Å². The predicted octanol–water partition coefficient (Wildman–Crippen LogP) is 4.33. The fourth-order valence-corrected chi connectivity index (χ4v) is 3.87. The molecule has 1 heterocycles. The van der Waals surface area contributed by atoms with E-state index in [1.165, 1.54) is 25.2 Å². The van der Waals surface area contributed by atoms with Gasteiger partial charge in [-0.3, -0.25) is 9.59 Å². The SMILES string of the molecule is CN(Cc1ccccc1C(F)(F)F)C(=O)CCC(=O)C(C#N)=C1N(C)c2ccccc2N1C. The third-order valence-electron chi connectivity index (χ3n) is 5.58. The molecule has 0 radical (unpaired) electrons. The number of hydrogen-bond donors (Lipinski definition) is 0. The standard InChI is InChI=1S/C24H23F3N4O2/c1-29(15-16-8-4-5-9-18(16)24(25,26)27)22(33)13-12-21(32)17(14-28)23-30(2)19-10-6-7-11-20(19)31(23)3/h4-11H,12-13,15H2,1-3H3. The van der Waals surface area contributed by atoms with E-state index >= 15 is 0 Å². The second-order valence-electron chi connectivity index (χ2n) is 7.75. The lowest BCUT2D eigenvalue weighted by molar-refractivity contribution is -0.139. The van der Waals surface area contributed by atoms with Gasteiger partial charge in [0.05, 0.1) is 16.9 Å². The van der Waals surface area contributed by atoms with Gasteiger partial charge in [-0.15, -0.1) is 0 Å². The number of benzene rings is 2. The van der Waals surface area contributed by atoms with Gasteiger partial charge in [-0.05, 0) is 23.8 Å². The number of alkyl halides is 3. The molecule has 6 nitrogen and oxygen atoms in total. The number of carbonyl (C=O) groups excluding carboxylic acids is 2. The van der Waals surface area contributed by atoms with Crippen molar-refractivity contribution in [2.24, 2.45) is 0 Å². The van der Waals surface area contributed by atoms with Crippen molar-refractivity contribution in [2.75, 3.05) is 30.9 Å². The maximum Gasteiger partial charge on any atom is 0.416 e. The number of ketones is 1. The number of para-hydroxylation sites is 2. The molecule has 2 aromatic carbocycles. The average molecular weight is 456 g/mol. The van der Waals surface area contributed by atoms with Crippen LogP contribution in [-0.2, 0) is 22.3 Å². The van der Waals surface area contributed by atoms with Crippen LogP contribution in [0.15, 0.2) is 59.9 Å². The van der Waals surface area contributed by atoms with Crippen LogP contribution in [0.4, 0.5) is 24.5 Å². The first-order valence-corrected chi connectivity index (χ1v) is 10.2. The molecule has 0 N–H and O–H groups in total. The summed E-state index contributed by atoms with van der Waals surface area (Å²) < 4.78 is 39.6. The van der Waals surface area contributed by atoms with E-state index in [0.717, 1.165) is 22.3 Å². The van der Waals surface area contributed by atoms with Gasteiger partial charge in [-0.25, -0.2) is 0 Å². The Kier molecular flexibility index (Phi) is 6.77. The van der Waals surface area contributed by atoms with E-state index in [1.807, 2.05) is 30.3 Å². The summed E-state index contributed by atoms with van der Waals surface area (Å²) in [6.45, 7) is -0.240. The molecular formula is C24H23F3N4O2. The number of Topliss-reactive ketones (excluding diaryl/α,β-unsaturated/α-hetero) is 1. The van der Waals surface area contributed by atoms with E-state index < -0.39 is 23.4 Å². The third-order valence-corrected chi connectivity index (χ3v) is 5.58. The maximum atomic E-state index is 13.2. The van der Waals surface area contributed by atoms with Gasteiger partial charge in [-0.2, -0.15) is 18.4 Å². The van der Waals surface area contributed by atoms with E-state index in [9.17, 15) is 28.0 Å². The first-order valence-electron chi connectivity index (χ1n) is 10.2. The van der Waals surface area contributed by atoms with Crippen molar-refractivity contribution in [3.63, 3.8) is 0 Å². The first kappa shape index (κ1) is 23.9. The molecule has 0 atom stereocenters. The van der Waals surface area contributed by atoms with E-state index in [1.54, 1.807) is 23.9 Å². The number of rotatable bonds is 6. The lowest BCUT2D eigenvalue weighted by atomic mass is 10.1. The van der Waals surface area contributed by atoms with Gasteiger partial charge in [0.15, 0.2) is 5.78 Å². The molecule has 1 amide bonds. The number of hydrogen-bond acceptors (Lipinski definition) is 5. The van der Waals surface area contributed by atoms with Crippen molar-refractivity contribution >= 4 is 23.1 Å². The van der Waals surface area contributed by atoms with Crippen molar-refractivity contribution in [3.8, 4) is 6.07 Å². The highest BCUT2D eigenvalue weighted by atomic mass is 19.4. The zero-order chi connectivity index (χ0) is 24.3. The minimum atomic E-state index is -4.53. The second-order valence-corrected chi connectivity index (χ2v) is 7.75. The van der Waals surface area contributed by atoms with Gasteiger partial charge < -0.3 is 14.7 Å². The molecule has 9 heteroatoms. The zero-order valence-electron chi connectivity index (χ0n) is 18.5. The Morgan fingerprint density at radius 2 is 1.52 bits per heavy atom. The zero-order valence-corrected chi connectivity index (χ0v) is 18.5. The molecule has 1 aliphatic heterocycles. The van der Waals surface area contributed by atoms with Gasteiger partial charge in [0.1, 0.15) is 17.5 Å². The Balaban J connectivity index is 1.70. The first-order chi connectivity index (χ1) is 15.6. The lowest BCUT2D eigenvalue weighted by Crippen LogP contribution is -2.29. The largest absolute Gasteiger partial charge is 0.416 e. The van der Waals surface area contributed by atoms with Crippen molar-refractivity contribution in [3.05, 3.63) is 71.1 Å². The summed E-state index contributed by atoms with van der Waals surface area (Å²) in [5.74, 6) is -0.570. The average Bonchev–Trinajstić information content (AvgIpc) is 3.03. The van der Waals surface area contributed by atoms with Crippen LogP contribution in [0.5, 0.6) is 0 Å². The molecule has 3 rings (SSSR count). The molecule has 0 fully saturated rings.